The van der Waals surface area contributed by atoms with E-state index in [0.29, 0.717) is 4.68 Å². The van der Waals surface area contributed by atoms with Crippen LogP contribution in [0.1, 0.15) is 17.7 Å². The molecule has 1 heterocycles. The first kappa shape index (κ1) is 18.7. The van der Waals surface area contributed by atoms with E-state index in [0.717, 1.165) is 18.3 Å². The highest BCUT2D eigenvalue weighted by Crippen LogP contribution is 2.31. The molecule has 13 heteroatoms. The Morgan fingerprint density at radius 2 is 2.12 bits per heavy atom. The number of benzene rings is 1. The van der Waals surface area contributed by atoms with Crippen LogP contribution >= 0.6 is 12.2 Å². The van der Waals surface area contributed by atoms with E-state index < -0.39 is 33.6 Å². The third-order valence-electron chi connectivity index (χ3n) is 3.13. The van der Waals surface area contributed by atoms with Gasteiger partial charge in [0.05, 0.1) is 17.6 Å². The molecule has 0 saturated carbocycles. The van der Waals surface area contributed by atoms with E-state index in [1.54, 1.807) is 0 Å². The molecule has 0 aliphatic rings. The summed E-state index contributed by atoms with van der Waals surface area (Å²) in [5.41, 5.74) is -1.73. The largest absolute Gasteiger partial charge is 0.507 e. The topological polar surface area (TPSA) is 184 Å². The molecule has 2 rings (SSSR count). The summed E-state index contributed by atoms with van der Waals surface area (Å²) in [6.45, 7) is 0. The Kier molecular flexibility index (Phi) is 5.42. The molecular weight excluding hydrogens is 370 g/mol. The second-order valence-electron chi connectivity index (χ2n) is 4.89. The number of carboxylic acids is 1. The van der Waals surface area contributed by atoms with E-state index in [1.165, 1.54) is 0 Å². The monoisotopic (exact) mass is 381 g/mol. The van der Waals surface area contributed by atoms with Gasteiger partial charge in [-0.2, -0.15) is 14.9 Å². The van der Waals surface area contributed by atoms with Crippen LogP contribution in [-0.2, 0) is 11.2 Å². The minimum absolute atomic E-state index is 0.126. The fourth-order valence-corrected chi connectivity index (χ4v) is 2.05. The number of aromatic nitrogens is 3. The van der Waals surface area contributed by atoms with Crippen molar-refractivity contribution in [3.63, 3.8) is 0 Å². The van der Waals surface area contributed by atoms with Crippen LogP contribution < -0.4 is 5.56 Å². The van der Waals surface area contributed by atoms with Crippen molar-refractivity contribution in [2.24, 2.45) is 5.10 Å². The van der Waals surface area contributed by atoms with Crippen LogP contribution in [-0.4, -0.2) is 47.3 Å². The summed E-state index contributed by atoms with van der Waals surface area (Å²) in [5, 5.41) is 48.4. The molecule has 1 aromatic heterocycles. The fourth-order valence-electron chi connectivity index (χ4n) is 1.87. The first-order valence-corrected chi connectivity index (χ1v) is 7.28. The number of aryl methyl sites for hydroxylation is 1. The maximum atomic E-state index is 12.2. The lowest BCUT2D eigenvalue weighted by Gasteiger charge is -2.03. The summed E-state index contributed by atoms with van der Waals surface area (Å²) < 4.78 is 0.482. The smallest absolute Gasteiger partial charge is 0.311 e. The number of nitrogens with zero attached hydrogens (tertiary/aromatic N) is 4. The Morgan fingerprint density at radius 1 is 1.42 bits per heavy atom. The van der Waals surface area contributed by atoms with Crippen LogP contribution in [0.5, 0.6) is 11.5 Å². The highest BCUT2D eigenvalue weighted by Gasteiger charge is 2.17. The Bertz CT molecular complexity index is 1030. The Labute approximate surface area is 148 Å². The molecule has 0 spiro atoms. The summed E-state index contributed by atoms with van der Waals surface area (Å²) in [7, 11) is 0. The zero-order valence-electron chi connectivity index (χ0n) is 12.8. The second kappa shape index (κ2) is 7.52. The van der Waals surface area contributed by atoms with Crippen molar-refractivity contribution in [2.45, 2.75) is 12.8 Å². The number of nitro groups is 1. The number of rotatable bonds is 6. The molecule has 1 aromatic carbocycles. The highest BCUT2D eigenvalue weighted by atomic mass is 32.1. The number of aromatic amines is 1. The van der Waals surface area contributed by atoms with Crippen molar-refractivity contribution in [3.8, 4) is 11.5 Å². The molecule has 4 N–H and O–H groups in total. The molecular formula is C13H11N5O7S. The molecule has 0 atom stereocenters. The normalized spacial score (nSPS) is 10.9. The van der Waals surface area contributed by atoms with Crippen molar-refractivity contribution in [1.29, 1.82) is 0 Å². The van der Waals surface area contributed by atoms with Gasteiger partial charge < -0.3 is 15.3 Å². The van der Waals surface area contributed by atoms with Gasteiger partial charge >= 0.3 is 11.7 Å². The third kappa shape index (κ3) is 4.07. The van der Waals surface area contributed by atoms with Crippen LogP contribution in [0.3, 0.4) is 0 Å². The van der Waals surface area contributed by atoms with Gasteiger partial charge in [0.1, 0.15) is 11.4 Å². The Balaban J connectivity index is 2.45. The van der Waals surface area contributed by atoms with Crippen molar-refractivity contribution < 1.29 is 25.0 Å². The molecule has 0 aliphatic carbocycles. The van der Waals surface area contributed by atoms with E-state index in [9.17, 15) is 29.9 Å². The summed E-state index contributed by atoms with van der Waals surface area (Å²) in [6.07, 6.45) is 0.432. The molecule has 2 aromatic rings. The number of carbonyl (C=O) groups is 1. The van der Waals surface area contributed by atoms with Gasteiger partial charge in [-0.25, -0.2) is 0 Å². The minimum Gasteiger partial charge on any atom is -0.507 e. The van der Waals surface area contributed by atoms with Gasteiger partial charge in [0.2, 0.25) is 4.77 Å². The molecule has 12 nitrogen and oxygen atoms in total. The van der Waals surface area contributed by atoms with Gasteiger partial charge in [-0.05, 0) is 12.2 Å². The minimum atomic E-state index is -1.12. The second-order valence-corrected chi connectivity index (χ2v) is 5.27. The summed E-state index contributed by atoms with van der Waals surface area (Å²) in [4.78, 5) is 32.8. The van der Waals surface area contributed by atoms with Crippen molar-refractivity contribution in [1.82, 2.24) is 14.9 Å². The summed E-state index contributed by atoms with van der Waals surface area (Å²) in [6, 6.07) is 1.62. The number of phenols is 2. The van der Waals surface area contributed by atoms with Crippen LogP contribution in [0.4, 0.5) is 5.69 Å². The van der Waals surface area contributed by atoms with E-state index in [4.69, 9.17) is 17.3 Å². The van der Waals surface area contributed by atoms with Gasteiger partial charge in [-0.3, -0.25) is 24.8 Å². The SMILES string of the molecule is O=C(O)CCc1n[nH]c(=S)n(/N=C\c2cc([N+](=O)[O-])c(O)cc2O)c1=O. The molecule has 136 valence electrons. The van der Waals surface area contributed by atoms with Crippen LogP contribution in [0.2, 0.25) is 0 Å². The van der Waals surface area contributed by atoms with Crippen molar-refractivity contribution >= 4 is 30.1 Å². The summed E-state index contributed by atoms with van der Waals surface area (Å²) in [5.74, 6) is -2.37. The number of aliphatic carboxylic acids is 1. The average molecular weight is 381 g/mol. The zero-order valence-corrected chi connectivity index (χ0v) is 13.6. The fraction of sp³-hybridized carbons (Fsp3) is 0.154. The van der Waals surface area contributed by atoms with Crippen LogP contribution in [0.25, 0.3) is 0 Å². The molecule has 0 unspecified atom stereocenters. The quantitative estimate of drug-likeness (QED) is 0.240. The Morgan fingerprint density at radius 3 is 2.73 bits per heavy atom. The molecule has 0 bridgehead atoms. The molecule has 0 saturated heterocycles. The van der Waals surface area contributed by atoms with E-state index >= 15 is 0 Å². The average Bonchev–Trinajstić information content (AvgIpc) is 2.55. The van der Waals surface area contributed by atoms with Gasteiger partial charge in [-0.15, -0.1) is 0 Å². The van der Waals surface area contributed by atoms with Crippen LogP contribution in [0, 0.1) is 14.9 Å². The van der Waals surface area contributed by atoms with E-state index in [1.807, 2.05) is 0 Å². The van der Waals surface area contributed by atoms with Gasteiger partial charge in [0.25, 0.3) is 5.56 Å². The molecule has 0 aliphatic heterocycles. The standard InChI is InChI=1S/C13H11N5O7S/c19-9-4-10(20)8(18(24)25)3-6(9)5-14-17-12(23)7(1-2-11(21)22)15-16-13(17)26/h3-5,19-20H,1-2H2,(H,16,26)(H,21,22)/b14-5-. The number of nitro benzene ring substituents is 1. The first-order chi connectivity index (χ1) is 12.2. The Hall–Kier alpha value is -3.61. The van der Waals surface area contributed by atoms with Crippen molar-refractivity contribution in [3.05, 3.63) is 48.6 Å². The molecule has 26 heavy (non-hydrogen) atoms. The number of hydrogen-bond donors (Lipinski definition) is 4. The third-order valence-corrected chi connectivity index (χ3v) is 3.39. The molecule has 0 radical (unpaired) electrons. The first-order valence-electron chi connectivity index (χ1n) is 6.88. The van der Waals surface area contributed by atoms with Gasteiger partial charge in [0, 0.05) is 24.1 Å². The van der Waals surface area contributed by atoms with Gasteiger partial charge in [0.15, 0.2) is 5.75 Å². The van der Waals surface area contributed by atoms with Crippen molar-refractivity contribution in [2.75, 3.05) is 0 Å². The lowest BCUT2D eigenvalue weighted by Crippen LogP contribution is -2.25. The maximum Gasteiger partial charge on any atom is 0.311 e. The predicted molar refractivity (Wildman–Crippen MR) is 89.1 cm³/mol. The molecule has 0 amide bonds. The maximum absolute atomic E-state index is 12.2. The molecule has 0 fully saturated rings. The lowest BCUT2D eigenvalue weighted by molar-refractivity contribution is -0.385. The van der Waals surface area contributed by atoms with Gasteiger partial charge in [-0.1, -0.05) is 0 Å². The highest BCUT2D eigenvalue weighted by molar-refractivity contribution is 7.71. The van der Waals surface area contributed by atoms with E-state index in [-0.39, 0.29) is 28.9 Å². The summed E-state index contributed by atoms with van der Waals surface area (Å²) >= 11 is 4.88. The van der Waals surface area contributed by atoms with E-state index in [2.05, 4.69) is 15.3 Å². The number of carboxylic acid groups (broad SMARTS) is 1. The number of phenolic OH excluding ortho intramolecular Hbond substituents is 2. The number of hydrogen-bond acceptors (Lipinski definition) is 9. The zero-order chi connectivity index (χ0) is 19.4. The lowest BCUT2D eigenvalue weighted by atomic mass is 10.2. The number of nitrogens with one attached hydrogen (secondary N) is 1. The predicted octanol–water partition coefficient (Wildman–Crippen LogP) is 0.520. The van der Waals surface area contributed by atoms with Crippen LogP contribution in [0.15, 0.2) is 22.0 Å². The number of aromatic hydroxyl groups is 2. The number of H-pyrrole nitrogens is 1.